The minimum Gasteiger partial charge on any atom is -0.462 e. The number of hydrogen-bond acceptors (Lipinski definition) is 2. The molecular formula is C19H18O2. The first-order valence-electron chi connectivity index (χ1n) is 6.75. The van der Waals surface area contributed by atoms with E-state index in [4.69, 9.17) is 9.47 Å². The van der Waals surface area contributed by atoms with Crippen LogP contribution in [0.4, 0.5) is 0 Å². The molecule has 0 aliphatic carbocycles. The van der Waals surface area contributed by atoms with Gasteiger partial charge in [0.25, 0.3) is 0 Å². The van der Waals surface area contributed by atoms with Crippen molar-refractivity contribution in [3.63, 3.8) is 0 Å². The maximum atomic E-state index is 5.71. The number of hydrogen-bond donors (Lipinski definition) is 0. The minimum absolute atomic E-state index is 0.664. The first-order valence-corrected chi connectivity index (χ1v) is 6.75. The molecule has 0 fully saturated rings. The third kappa shape index (κ3) is 5.03. The Hall–Kier alpha value is -2.74. The van der Waals surface area contributed by atoms with Gasteiger partial charge >= 0.3 is 0 Å². The van der Waals surface area contributed by atoms with Gasteiger partial charge in [-0.15, -0.1) is 0 Å². The van der Waals surface area contributed by atoms with E-state index in [-0.39, 0.29) is 0 Å². The molecule has 0 N–H and O–H groups in total. The van der Waals surface area contributed by atoms with E-state index in [1.54, 1.807) is 6.08 Å². The summed E-state index contributed by atoms with van der Waals surface area (Å²) in [5.41, 5.74) is 0. The van der Waals surface area contributed by atoms with E-state index in [0.717, 1.165) is 17.3 Å². The van der Waals surface area contributed by atoms with Crippen LogP contribution in [-0.4, -0.2) is 0 Å². The zero-order valence-electron chi connectivity index (χ0n) is 12.0. The van der Waals surface area contributed by atoms with Crippen LogP contribution in [0.1, 0.15) is 6.92 Å². The lowest BCUT2D eigenvalue weighted by molar-refractivity contribution is 0.425. The van der Waals surface area contributed by atoms with Gasteiger partial charge in [-0.3, -0.25) is 0 Å². The molecular weight excluding hydrogens is 260 g/mol. The monoisotopic (exact) mass is 278 g/mol. The van der Waals surface area contributed by atoms with Crippen molar-refractivity contribution in [3.8, 4) is 11.5 Å². The van der Waals surface area contributed by atoms with E-state index in [0.29, 0.717) is 5.76 Å². The Balaban J connectivity index is 2.02. The fraction of sp³-hybridized carbons (Fsp3) is 0.0526. The topological polar surface area (TPSA) is 18.5 Å². The summed E-state index contributed by atoms with van der Waals surface area (Å²) in [5.74, 6) is 3.02. The summed E-state index contributed by atoms with van der Waals surface area (Å²) in [6.45, 7) is 5.65. The van der Waals surface area contributed by atoms with Gasteiger partial charge in [0.1, 0.15) is 23.0 Å². The molecule has 21 heavy (non-hydrogen) atoms. The normalized spacial score (nSPS) is 11.9. The molecule has 2 aromatic rings. The van der Waals surface area contributed by atoms with Crippen molar-refractivity contribution in [1.82, 2.24) is 0 Å². The molecule has 0 heterocycles. The maximum absolute atomic E-state index is 5.71. The average molecular weight is 278 g/mol. The third-order valence-electron chi connectivity index (χ3n) is 2.68. The fourth-order valence-electron chi connectivity index (χ4n) is 1.68. The Morgan fingerprint density at radius 1 is 0.810 bits per heavy atom. The molecule has 0 saturated heterocycles. The van der Waals surface area contributed by atoms with Crippen molar-refractivity contribution in [2.45, 2.75) is 6.92 Å². The number of benzene rings is 2. The van der Waals surface area contributed by atoms with E-state index < -0.39 is 0 Å². The Morgan fingerprint density at radius 3 is 1.86 bits per heavy atom. The smallest absolute Gasteiger partial charge is 0.127 e. The second-order valence-electron chi connectivity index (χ2n) is 4.38. The average Bonchev–Trinajstić information content (AvgIpc) is 2.53. The van der Waals surface area contributed by atoms with Crippen LogP contribution in [0.3, 0.4) is 0 Å². The number of allylic oxidation sites excluding steroid dienone is 4. The first kappa shape index (κ1) is 14.7. The van der Waals surface area contributed by atoms with Crippen molar-refractivity contribution in [2.24, 2.45) is 0 Å². The van der Waals surface area contributed by atoms with Crippen LogP contribution in [0, 0.1) is 0 Å². The molecule has 0 aromatic heterocycles. The standard InChI is InChI=1S/C19H18O2/c1-3-17(21-19-12-8-5-9-13-19)15-14-16(2)20-18-10-6-4-7-11-18/h3-15H,1H2,2H3/b16-14+,17-15+. The van der Waals surface area contributed by atoms with Crippen LogP contribution in [-0.2, 0) is 0 Å². The lowest BCUT2D eigenvalue weighted by atomic mass is 10.3. The quantitative estimate of drug-likeness (QED) is 0.539. The molecule has 2 nitrogen and oxygen atoms in total. The molecule has 0 aliphatic rings. The molecule has 106 valence electrons. The summed E-state index contributed by atoms with van der Waals surface area (Å²) < 4.78 is 11.4. The van der Waals surface area contributed by atoms with Gasteiger partial charge < -0.3 is 9.47 Å². The second-order valence-corrected chi connectivity index (χ2v) is 4.38. The van der Waals surface area contributed by atoms with E-state index >= 15 is 0 Å². The fourth-order valence-corrected chi connectivity index (χ4v) is 1.68. The summed E-state index contributed by atoms with van der Waals surface area (Å²) in [6.07, 6.45) is 5.35. The Bertz CT molecular complexity index is 625. The van der Waals surface area contributed by atoms with Gasteiger partial charge in [0, 0.05) is 0 Å². The SMILES string of the molecule is C=C/C(=C\C=C(/C)Oc1ccccc1)Oc1ccccc1. The summed E-state index contributed by atoms with van der Waals surface area (Å²) in [5, 5.41) is 0. The van der Waals surface area contributed by atoms with Gasteiger partial charge in [0.15, 0.2) is 0 Å². The third-order valence-corrected chi connectivity index (χ3v) is 2.68. The van der Waals surface area contributed by atoms with Crippen LogP contribution in [0.15, 0.2) is 97.0 Å². The molecule has 2 rings (SSSR count). The Kier molecular flexibility index (Phi) is 5.41. The van der Waals surface area contributed by atoms with Crippen LogP contribution < -0.4 is 9.47 Å². The molecule has 0 atom stereocenters. The summed E-state index contributed by atoms with van der Waals surface area (Å²) in [6, 6.07) is 19.2. The minimum atomic E-state index is 0.664. The molecule has 2 aromatic carbocycles. The Labute approximate surface area is 125 Å². The summed E-state index contributed by atoms with van der Waals surface area (Å²) in [7, 11) is 0. The largest absolute Gasteiger partial charge is 0.462 e. The molecule has 0 unspecified atom stereocenters. The van der Waals surface area contributed by atoms with Crippen molar-refractivity contribution in [3.05, 3.63) is 97.0 Å². The van der Waals surface area contributed by atoms with E-state index in [9.17, 15) is 0 Å². The highest BCUT2D eigenvalue weighted by Crippen LogP contribution is 2.15. The molecule has 0 spiro atoms. The highest BCUT2D eigenvalue weighted by Gasteiger charge is 1.96. The van der Waals surface area contributed by atoms with Crippen LogP contribution in [0.5, 0.6) is 11.5 Å². The van der Waals surface area contributed by atoms with Crippen molar-refractivity contribution in [2.75, 3.05) is 0 Å². The molecule has 0 bridgehead atoms. The molecule has 0 amide bonds. The van der Waals surface area contributed by atoms with Gasteiger partial charge in [-0.25, -0.2) is 0 Å². The van der Waals surface area contributed by atoms with E-state index in [2.05, 4.69) is 6.58 Å². The first-order chi connectivity index (χ1) is 10.3. The summed E-state index contributed by atoms with van der Waals surface area (Å²) in [4.78, 5) is 0. The number of rotatable bonds is 6. The van der Waals surface area contributed by atoms with Crippen molar-refractivity contribution < 1.29 is 9.47 Å². The van der Waals surface area contributed by atoms with Gasteiger partial charge in [-0.2, -0.15) is 0 Å². The van der Waals surface area contributed by atoms with Crippen molar-refractivity contribution in [1.29, 1.82) is 0 Å². The molecule has 0 saturated carbocycles. The van der Waals surface area contributed by atoms with Gasteiger partial charge in [0.05, 0.1) is 0 Å². The van der Waals surface area contributed by atoms with E-state index in [1.165, 1.54) is 0 Å². The maximum Gasteiger partial charge on any atom is 0.127 e. The van der Waals surface area contributed by atoms with Crippen LogP contribution in [0.25, 0.3) is 0 Å². The van der Waals surface area contributed by atoms with Gasteiger partial charge in [-0.05, 0) is 49.4 Å². The lowest BCUT2D eigenvalue weighted by Gasteiger charge is -2.06. The highest BCUT2D eigenvalue weighted by molar-refractivity contribution is 5.29. The molecule has 0 aliphatic heterocycles. The predicted octanol–water partition coefficient (Wildman–Crippen LogP) is 5.12. The molecule has 2 heteroatoms. The number of para-hydroxylation sites is 2. The zero-order valence-corrected chi connectivity index (χ0v) is 12.0. The molecule has 0 radical (unpaired) electrons. The van der Waals surface area contributed by atoms with Gasteiger partial charge in [0.2, 0.25) is 0 Å². The Morgan fingerprint density at radius 2 is 1.33 bits per heavy atom. The van der Waals surface area contributed by atoms with Crippen molar-refractivity contribution >= 4 is 0 Å². The predicted molar refractivity (Wildman–Crippen MR) is 86.2 cm³/mol. The van der Waals surface area contributed by atoms with E-state index in [1.807, 2.05) is 79.7 Å². The zero-order chi connectivity index (χ0) is 14.9. The van der Waals surface area contributed by atoms with Gasteiger partial charge in [-0.1, -0.05) is 43.0 Å². The number of ether oxygens (including phenoxy) is 2. The summed E-state index contributed by atoms with van der Waals surface area (Å²) >= 11 is 0. The second kappa shape index (κ2) is 7.75. The van der Waals surface area contributed by atoms with Crippen LogP contribution >= 0.6 is 0 Å². The van der Waals surface area contributed by atoms with Crippen LogP contribution in [0.2, 0.25) is 0 Å². The highest BCUT2D eigenvalue weighted by atomic mass is 16.5. The lowest BCUT2D eigenvalue weighted by Crippen LogP contribution is -1.93.